The van der Waals surface area contributed by atoms with E-state index in [0.717, 1.165) is 22.4 Å². The topological polar surface area (TPSA) is 105 Å². The number of anilines is 1. The van der Waals surface area contributed by atoms with Crippen molar-refractivity contribution in [3.8, 4) is 5.75 Å². The molecule has 0 radical (unpaired) electrons. The van der Waals surface area contributed by atoms with Gasteiger partial charge in [0.1, 0.15) is 5.75 Å². The Morgan fingerprint density at radius 2 is 1.65 bits per heavy atom. The summed E-state index contributed by atoms with van der Waals surface area (Å²) in [4.78, 5) is 37.0. The van der Waals surface area contributed by atoms with Gasteiger partial charge in [-0.25, -0.2) is 14.8 Å². The van der Waals surface area contributed by atoms with Crippen LogP contribution < -0.4 is 15.0 Å². The molecule has 222 valence electrons. The molecule has 5 rings (SSSR count). The molecule has 0 bridgehead atoms. The van der Waals surface area contributed by atoms with E-state index in [1.165, 1.54) is 6.20 Å². The molecule has 0 spiro atoms. The quantitative estimate of drug-likeness (QED) is 0.226. The molecule has 1 aromatic heterocycles. The Bertz CT molecular complexity index is 1550. The van der Waals surface area contributed by atoms with Crippen LogP contribution in [0.1, 0.15) is 45.6 Å². The summed E-state index contributed by atoms with van der Waals surface area (Å²) in [5.41, 5.74) is 3.05. The predicted octanol–water partition coefficient (Wildman–Crippen LogP) is 5.77. The molecule has 0 saturated carbocycles. The van der Waals surface area contributed by atoms with Crippen LogP contribution in [-0.2, 0) is 30.6 Å². The van der Waals surface area contributed by atoms with Gasteiger partial charge in [-0.2, -0.15) is 0 Å². The fraction of sp³-hybridized carbons (Fsp3) is 0.294. The Balaban J connectivity index is 1.33. The largest absolute Gasteiger partial charge is 0.496 e. The lowest BCUT2D eigenvalue weighted by Gasteiger charge is -2.41. The molecular weight excluding hydrogens is 564 g/mol. The van der Waals surface area contributed by atoms with Gasteiger partial charge >= 0.3 is 5.97 Å². The minimum absolute atomic E-state index is 0.00714. The van der Waals surface area contributed by atoms with Gasteiger partial charge in [-0.15, -0.1) is 0 Å². The van der Waals surface area contributed by atoms with Gasteiger partial charge in [-0.1, -0.05) is 72.3 Å². The van der Waals surface area contributed by atoms with Crippen LogP contribution in [0.15, 0.2) is 85.1 Å². The normalized spacial score (nSPS) is 14.2. The Kier molecular flexibility index (Phi) is 9.57. The Morgan fingerprint density at radius 3 is 2.35 bits per heavy atom. The highest BCUT2D eigenvalue weighted by Gasteiger charge is 2.42. The minimum Gasteiger partial charge on any atom is -0.496 e. The number of aryl methyl sites for hydroxylation is 2. The third kappa shape index (κ3) is 7.32. The van der Waals surface area contributed by atoms with E-state index in [9.17, 15) is 14.7 Å². The van der Waals surface area contributed by atoms with Crippen LogP contribution in [0, 0.1) is 5.41 Å². The summed E-state index contributed by atoms with van der Waals surface area (Å²) in [6.45, 7) is 1.51. The van der Waals surface area contributed by atoms with Gasteiger partial charge in [-0.3, -0.25) is 4.79 Å². The van der Waals surface area contributed by atoms with E-state index in [2.05, 4.69) is 22.4 Å². The first-order chi connectivity index (χ1) is 20.9. The summed E-state index contributed by atoms with van der Waals surface area (Å²) < 4.78 is 5.47. The SMILES string of the molecule is COc1ccccc1CNC(=O)C1(Cc2ccccc2)CCN(c2ncc(C(=O)O)c(CCc3ccc(Cl)cc3)n2)CC1. The molecule has 4 aromatic rings. The molecule has 2 N–H and O–H groups in total. The van der Waals surface area contributed by atoms with E-state index in [1.54, 1.807) is 7.11 Å². The van der Waals surface area contributed by atoms with Gasteiger partial charge in [-0.05, 0) is 61.4 Å². The van der Waals surface area contributed by atoms with Crippen LogP contribution in [0.2, 0.25) is 5.02 Å². The van der Waals surface area contributed by atoms with Crippen LogP contribution in [0.25, 0.3) is 0 Å². The number of hydrogen-bond donors (Lipinski definition) is 2. The zero-order valence-electron chi connectivity index (χ0n) is 24.1. The molecule has 3 aromatic carbocycles. The summed E-state index contributed by atoms with van der Waals surface area (Å²) >= 11 is 6.01. The first-order valence-electron chi connectivity index (χ1n) is 14.4. The fourth-order valence-electron chi connectivity index (χ4n) is 5.66. The van der Waals surface area contributed by atoms with Crippen molar-refractivity contribution in [1.29, 1.82) is 0 Å². The number of aromatic nitrogens is 2. The number of carbonyl (C=O) groups is 2. The lowest BCUT2D eigenvalue weighted by atomic mass is 9.73. The van der Waals surface area contributed by atoms with Crippen molar-refractivity contribution in [2.75, 3.05) is 25.1 Å². The van der Waals surface area contributed by atoms with Crippen molar-refractivity contribution in [1.82, 2.24) is 15.3 Å². The number of carboxylic acids is 1. The van der Waals surface area contributed by atoms with E-state index in [4.69, 9.17) is 21.3 Å². The molecule has 0 unspecified atom stereocenters. The number of hydrogen-bond acceptors (Lipinski definition) is 6. The summed E-state index contributed by atoms with van der Waals surface area (Å²) in [7, 11) is 1.63. The molecule has 1 saturated heterocycles. The lowest BCUT2D eigenvalue weighted by Crippen LogP contribution is -2.50. The fourth-order valence-corrected chi connectivity index (χ4v) is 5.79. The van der Waals surface area contributed by atoms with Crippen molar-refractivity contribution in [2.45, 2.75) is 38.6 Å². The van der Waals surface area contributed by atoms with Crippen LogP contribution >= 0.6 is 11.6 Å². The first-order valence-corrected chi connectivity index (χ1v) is 14.8. The molecule has 2 heterocycles. The number of carbonyl (C=O) groups excluding carboxylic acids is 1. The second kappa shape index (κ2) is 13.7. The highest BCUT2D eigenvalue weighted by Crippen LogP contribution is 2.37. The standard InChI is InChI=1S/C34H35ClN4O4/c1-43-30-10-6-5-9-26(30)22-36-32(42)34(21-25-7-3-2-4-8-25)17-19-39(20-18-34)33-37-23-28(31(40)41)29(38-33)16-13-24-11-14-27(35)15-12-24/h2-12,14-15,23H,13,16-22H2,1H3,(H,36,42)(H,40,41). The second-order valence-electron chi connectivity index (χ2n) is 10.9. The summed E-state index contributed by atoms with van der Waals surface area (Å²) in [6.07, 6.45) is 4.29. The molecule has 0 atom stereocenters. The molecule has 1 aliphatic heterocycles. The molecule has 43 heavy (non-hydrogen) atoms. The van der Waals surface area contributed by atoms with Crippen LogP contribution in [-0.4, -0.2) is 47.2 Å². The number of methoxy groups -OCH3 is 1. The number of carboxylic acid groups (broad SMARTS) is 1. The molecular formula is C34H35ClN4O4. The van der Waals surface area contributed by atoms with Crippen molar-refractivity contribution in [3.63, 3.8) is 0 Å². The number of nitrogens with zero attached hydrogens (tertiary/aromatic N) is 3. The van der Waals surface area contributed by atoms with E-state index in [0.29, 0.717) is 68.4 Å². The number of ether oxygens (including phenoxy) is 1. The zero-order valence-corrected chi connectivity index (χ0v) is 24.9. The Morgan fingerprint density at radius 1 is 0.953 bits per heavy atom. The third-order valence-electron chi connectivity index (χ3n) is 8.15. The molecule has 9 heteroatoms. The minimum atomic E-state index is -1.05. The molecule has 1 fully saturated rings. The van der Waals surface area contributed by atoms with Crippen molar-refractivity contribution in [3.05, 3.63) is 118 Å². The average molecular weight is 599 g/mol. The molecule has 1 amide bonds. The van der Waals surface area contributed by atoms with E-state index in [1.807, 2.05) is 71.6 Å². The maximum atomic E-state index is 13.9. The predicted molar refractivity (Wildman–Crippen MR) is 167 cm³/mol. The Labute approximate surface area is 256 Å². The number of benzene rings is 3. The highest BCUT2D eigenvalue weighted by atomic mass is 35.5. The first kappa shape index (κ1) is 30.0. The maximum absolute atomic E-state index is 13.9. The lowest BCUT2D eigenvalue weighted by molar-refractivity contribution is -0.132. The van der Waals surface area contributed by atoms with Gasteiger partial charge in [0, 0.05) is 36.4 Å². The highest BCUT2D eigenvalue weighted by molar-refractivity contribution is 6.30. The molecule has 8 nitrogen and oxygen atoms in total. The van der Waals surface area contributed by atoms with Crippen molar-refractivity contribution in [2.24, 2.45) is 5.41 Å². The Hall–Kier alpha value is -4.43. The van der Waals surface area contributed by atoms with Crippen molar-refractivity contribution < 1.29 is 19.4 Å². The average Bonchev–Trinajstić information content (AvgIpc) is 3.04. The summed E-state index contributed by atoms with van der Waals surface area (Å²) in [6, 6.07) is 25.3. The van der Waals surface area contributed by atoms with Crippen LogP contribution in [0.5, 0.6) is 5.75 Å². The smallest absolute Gasteiger partial charge is 0.339 e. The van der Waals surface area contributed by atoms with E-state index >= 15 is 0 Å². The van der Waals surface area contributed by atoms with E-state index < -0.39 is 11.4 Å². The van der Waals surface area contributed by atoms with Gasteiger partial charge in [0.25, 0.3) is 0 Å². The number of nitrogens with one attached hydrogen (secondary N) is 1. The number of para-hydroxylation sites is 1. The summed E-state index contributed by atoms with van der Waals surface area (Å²) in [5, 5.41) is 13.6. The van der Waals surface area contributed by atoms with E-state index in [-0.39, 0.29) is 11.5 Å². The second-order valence-corrected chi connectivity index (χ2v) is 11.3. The van der Waals surface area contributed by atoms with Crippen molar-refractivity contribution >= 4 is 29.4 Å². The zero-order chi connectivity index (χ0) is 30.2. The number of rotatable bonds is 11. The molecule has 0 aliphatic carbocycles. The van der Waals surface area contributed by atoms with Crippen LogP contribution in [0.3, 0.4) is 0 Å². The maximum Gasteiger partial charge on any atom is 0.339 e. The number of piperidine rings is 1. The third-order valence-corrected chi connectivity index (χ3v) is 8.40. The number of halogens is 1. The number of amides is 1. The van der Waals surface area contributed by atoms with Gasteiger partial charge in [0.15, 0.2) is 0 Å². The monoisotopic (exact) mass is 598 g/mol. The number of aromatic carboxylic acids is 1. The van der Waals surface area contributed by atoms with Gasteiger partial charge < -0.3 is 20.1 Å². The van der Waals surface area contributed by atoms with Gasteiger partial charge in [0.05, 0.1) is 23.8 Å². The van der Waals surface area contributed by atoms with Crippen LogP contribution in [0.4, 0.5) is 5.95 Å². The molecule has 1 aliphatic rings. The summed E-state index contributed by atoms with van der Waals surface area (Å²) in [5.74, 6) is 0.181. The van der Waals surface area contributed by atoms with Gasteiger partial charge in [0.2, 0.25) is 11.9 Å².